The summed E-state index contributed by atoms with van der Waals surface area (Å²) < 4.78 is 5.76. The third kappa shape index (κ3) is 6.18. The first-order chi connectivity index (χ1) is 14.5. The predicted molar refractivity (Wildman–Crippen MR) is 118 cm³/mol. The molecule has 0 radical (unpaired) electrons. The molecule has 2 N–H and O–H groups in total. The summed E-state index contributed by atoms with van der Waals surface area (Å²) in [6, 6.07) is 22.0. The molecule has 0 aliphatic rings. The summed E-state index contributed by atoms with van der Waals surface area (Å²) >= 11 is 6.01. The fraction of sp³-hybridized carbons (Fsp3) is 0.0870. The van der Waals surface area contributed by atoms with Gasteiger partial charge < -0.3 is 10.1 Å². The number of amides is 2. The van der Waals surface area contributed by atoms with E-state index in [-0.39, 0.29) is 0 Å². The van der Waals surface area contributed by atoms with E-state index in [4.69, 9.17) is 16.3 Å². The van der Waals surface area contributed by atoms with Gasteiger partial charge in [0.2, 0.25) is 0 Å². The lowest BCUT2D eigenvalue weighted by Gasteiger charge is -2.07. The number of nitrogens with zero attached hydrogens (tertiary/aromatic N) is 1. The first kappa shape index (κ1) is 21.1. The van der Waals surface area contributed by atoms with Gasteiger partial charge in [0.15, 0.2) is 0 Å². The minimum Gasteiger partial charge on any atom is -0.489 e. The fourth-order valence-corrected chi connectivity index (χ4v) is 2.68. The molecule has 3 aromatic carbocycles. The Bertz CT molecular complexity index is 1070. The number of rotatable bonds is 6. The lowest BCUT2D eigenvalue weighted by molar-refractivity contribution is -0.136. The Morgan fingerprint density at radius 1 is 1.00 bits per heavy atom. The van der Waals surface area contributed by atoms with Crippen LogP contribution >= 0.6 is 11.6 Å². The number of anilines is 1. The van der Waals surface area contributed by atoms with Crippen LogP contribution in [0.15, 0.2) is 77.9 Å². The minimum atomic E-state index is -0.889. The number of hydrazone groups is 1. The van der Waals surface area contributed by atoms with Crippen LogP contribution < -0.4 is 15.5 Å². The zero-order valence-electron chi connectivity index (χ0n) is 16.3. The normalized spacial score (nSPS) is 10.6. The lowest BCUT2D eigenvalue weighted by Crippen LogP contribution is -2.32. The highest BCUT2D eigenvalue weighted by Crippen LogP contribution is 2.19. The standard InChI is InChI=1S/C23H20ClN3O3/c1-16-10-11-19(13-21(16)24)26-22(28)23(29)27-25-14-18-8-5-9-20(12-18)30-15-17-6-3-2-4-7-17/h2-14H,15H2,1H3,(H,26,28)(H,27,29)/b25-14+. The van der Waals surface area contributed by atoms with Crippen molar-refractivity contribution in [2.75, 3.05) is 5.32 Å². The number of hydrogen-bond donors (Lipinski definition) is 2. The van der Waals surface area contributed by atoms with Crippen molar-refractivity contribution in [2.45, 2.75) is 13.5 Å². The van der Waals surface area contributed by atoms with Crippen molar-refractivity contribution in [3.63, 3.8) is 0 Å². The summed E-state index contributed by atoms with van der Waals surface area (Å²) in [5.74, 6) is -1.06. The highest BCUT2D eigenvalue weighted by atomic mass is 35.5. The molecule has 0 unspecified atom stereocenters. The summed E-state index contributed by atoms with van der Waals surface area (Å²) in [5, 5.41) is 6.80. The third-order valence-electron chi connectivity index (χ3n) is 4.12. The molecule has 2 amide bonds. The van der Waals surface area contributed by atoms with Crippen LogP contribution in [0.5, 0.6) is 5.75 Å². The second-order valence-electron chi connectivity index (χ2n) is 6.46. The number of hydrogen-bond acceptors (Lipinski definition) is 4. The molecule has 3 rings (SSSR count). The third-order valence-corrected chi connectivity index (χ3v) is 4.53. The molecule has 0 aliphatic carbocycles. The van der Waals surface area contributed by atoms with Crippen molar-refractivity contribution in [2.24, 2.45) is 5.10 Å². The maximum atomic E-state index is 12.0. The van der Waals surface area contributed by atoms with Gasteiger partial charge in [0.25, 0.3) is 0 Å². The van der Waals surface area contributed by atoms with Crippen LogP contribution in [0.4, 0.5) is 5.69 Å². The molecule has 30 heavy (non-hydrogen) atoms. The van der Waals surface area contributed by atoms with E-state index < -0.39 is 11.8 Å². The largest absolute Gasteiger partial charge is 0.489 e. The van der Waals surface area contributed by atoms with Gasteiger partial charge >= 0.3 is 11.8 Å². The van der Waals surface area contributed by atoms with Gasteiger partial charge in [0.05, 0.1) is 6.21 Å². The van der Waals surface area contributed by atoms with E-state index in [1.807, 2.05) is 49.4 Å². The first-order valence-electron chi connectivity index (χ1n) is 9.18. The minimum absolute atomic E-state index is 0.429. The summed E-state index contributed by atoms with van der Waals surface area (Å²) in [5.41, 5.74) is 5.28. The molecular weight excluding hydrogens is 402 g/mol. The van der Waals surface area contributed by atoms with E-state index in [0.717, 1.165) is 11.1 Å². The number of benzene rings is 3. The van der Waals surface area contributed by atoms with Crippen LogP contribution in [0.1, 0.15) is 16.7 Å². The molecule has 0 fully saturated rings. The van der Waals surface area contributed by atoms with E-state index in [1.165, 1.54) is 6.21 Å². The second-order valence-corrected chi connectivity index (χ2v) is 6.87. The monoisotopic (exact) mass is 421 g/mol. The van der Waals surface area contributed by atoms with Crippen LogP contribution in [0.3, 0.4) is 0 Å². The average molecular weight is 422 g/mol. The molecule has 6 nitrogen and oxygen atoms in total. The van der Waals surface area contributed by atoms with E-state index in [0.29, 0.717) is 28.6 Å². The van der Waals surface area contributed by atoms with Gasteiger partial charge in [-0.2, -0.15) is 5.10 Å². The molecule has 0 saturated carbocycles. The Morgan fingerprint density at radius 3 is 2.57 bits per heavy atom. The average Bonchev–Trinajstić information content (AvgIpc) is 2.76. The van der Waals surface area contributed by atoms with Crippen molar-refractivity contribution >= 4 is 35.3 Å². The van der Waals surface area contributed by atoms with Crippen LogP contribution in [-0.4, -0.2) is 18.0 Å². The molecule has 0 atom stereocenters. The van der Waals surface area contributed by atoms with E-state index in [9.17, 15) is 9.59 Å². The lowest BCUT2D eigenvalue weighted by atomic mass is 10.2. The zero-order chi connectivity index (χ0) is 21.3. The summed E-state index contributed by atoms with van der Waals surface area (Å²) in [4.78, 5) is 23.9. The Hall–Kier alpha value is -3.64. The molecular formula is C23H20ClN3O3. The molecule has 3 aromatic rings. The maximum absolute atomic E-state index is 12.0. The van der Waals surface area contributed by atoms with Gasteiger partial charge in [-0.1, -0.05) is 60.1 Å². The molecule has 0 heterocycles. The fourth-order valence-electron chi connectivity index (χ4n) is 2.50. The Kier molecular flexibility index (Phi) is 7.19. The maximum Gasteiger partial charge on any atom is 0.329 e. The number of aryl methyl sites for hydroxylation is 1. The summed E-state index contributed by atoms with van der Waals surface area (Å²) in [6.45, 7) is 2.29. The van der Waals surface area contributed by atoms with Crippen molar-refractivity contribution in [3.05, 3.63) is 94.5 Å². The van der Waals surface area contributed by atoms with Crippen molar-refractivity contribution < 1.29 is 14.3 Å². The molecule has 0 spiro atoms. The number of ether oxygens (including phenoxy) is 1. The van der Waals surface area contributed by atoms with E-state index in [2.05, 4.69) is 15.8 Å². The van der Waals surface area contributed by atoms with Crippen molar-refractivity contribution in [3.8, 4) is 5.75 Å². The number of halogens is 1. The van der Waals surface area contributed by atoms with Gasteiger partial charge in [0, 0.05) is 10.7 Å². The first-order valence-corrected chi connectivity index (χ1v) is 9.56. The van der Waals surface area contributed by atoms with Crippen molar-refractivity contribution in [1.29, 1.82) is 0 Å². The summed E-state index contributed by atoms with van der Waals surface area (Å²) in [7, 11) is 0. The second kappa shape index (κ2) is 10.2. The van der Waals surface area contributed by atoms with Crippen LogP contribution in [0.25, 0.3) is 0 Å². The molecule has 7 heteroatoms. The highest BCUT2D eigenvalue weighted by molar-refractivity contribution is 6.39. The molecule has 0 saturated heterocycles. The molecule has 0 aromatic heterocycles. The Morgan fingerprint density at radius 2 is 1.80 bits per heavy atom. The topological polar surface area (TPSA) is 79.8 Å². The van der Waals surface area contributed by atoms with Crippen LogP contribution in [0, 0.1) is 6.92 Å². The van der Waals surface area contributed by atoms with Gasteiger partial charge in [-0.15, -0.1) is 0 Å². The van der Waals surface area contributed by atoms with E-state index >= 15 is 0 Å². The number of nitrogens with one attached hydrogen (secondary N) is 2. The van der Waals surface area contributed by atoms with Crippen molar-refractivity contribution in [1.82, 2.24) is 5.43 Å². The van der Waals surface area contributed by atoms with Crippen LogP contribution in [-0.2, 0) is 16.2 Å². The predicted octanol–water partition coefficient (Wildman–Crippen LogP) is 4.32. The van der Waals surface area contributed by atoms with Gasteiger partial charge in [-0.25, -0.2) is 5.43 Å². The smallest absolute Gasteiger partial charge is 0.329 e. The van der Waals surface area contributed by atoms with Gasteiger partial charge in [-0.3, -0.25) is 9.59 Å². The highest BCUT2D eigenvalue weighted by Gasteiger charge is 2.13. The Balaban J connectivity index is 1.52. The van der Waals surface area contributed by atoms with Gasteiger partial charge in [-0.05, 0) is 47.9 Å². The Labute approximate surface area is 179 Å². The SMILES string of the molecule is Cc1ccc(NC(=O)C(=O)N/N=C/c2cccc(OCc3ccccc3)c2)cc1Cl. The quantitative estimate of drug-likeness (QED) is 0.353. The number of carbonyl (C=O) groups is 2. The summed E-state index contributed by atoms with van der Waals surface area (Å²) in [6.07, 6.45) is 1.43. The molecule has 152 valence electrons. The van der Waals surface area contributed by atoms with E-state index in [1.54, 1.807) is 30.3 Å². The van der Waals surface area contributed by atoms with Crippen LogP contribution in [0.2, 0.25) is 5.02 Å². The molecule has 0 aliphatic heterocycles. The zero-order valence-corrected chi connectivity index (χ0v) is 17.0. The molecule has 0 bridgehead atoms. The van der Waals surface area contributed by atoms with Gasteiger partial charge in [0.1, 0.15) is 12.4 Å². The number of carbonyl (C=O) groups excluding carboxylic acids is 2.